The fourth-order valence-corrected chi connectivity index (χ4v) is 1.37. The Hall–Kier alpha value is -1.95. The summed E-state index contributed by atoms with van der Waals surface area (Å²) in [5, 5.41) is 5.61. The summed E-state index contributed by atoms with van der Waals surface area (Å²) in [6.45, 7) is 11.3. The topological polar surface area (TPSA) is 69.6 Å². The van der Waals surface area contributed by atoms with E-state index in [0.717, 1.165) is 5.84 Å². The van der Waals surface area contributed by atoms with Gasteiger partial charge in [-0.2, -0.15) is 0 Å². The van der Waals surface area contributed by atoms with Crippen LogP contribution in [0.5, 0.6) is 0 Å². The molecule has 1 aliphatic rings. The van der Waals surface area contributed by atoms with Crippen LogP contribution in [0, 0.1) is 0 Å². The number of aromatic nitrogens is 1. The minimum absolute atomic E-state index is 0.0768. The van der Waals surface area contributed by atoms with Gasteiger partial charge in [-0.05, 0) is 19.1 Å². The number of amidine groups is 1. The number of hydrogen-bond acceptors (Lipinski definition) is 6. The predicted octanol–water partition coefficient (Wildman–Crippen LogP) is 2.50. The molecule has 0 fully saturated rings. The summed E-state index contributed by atoms with van der Waals surface area (Å²) >= 11 is 0. The van der Waals surface area contributed by atoms with E-state index in [4.69, 9.17) is 0 Å². The van der Waals surface area contributed by atoms with Crippen LogP contribution in [0.2, 0.25) is 0 Å². The maximum atomic E-state index is 11.4. The van der Waals surface area contributed by atoms with E-state index in [0.29, 0.717) is 11.4 Å². The van der Waals surface area contributed by atoms with Gasteiger partial charge in [0.05, 0.1) is 5.69 Å². The Morgan fingerprint density at radius 2 is 1.89 bits per heavy atom. The number of carbonyl (C=O) groups is 1. The van der Waals surface area contributed by atoms with Crippen LogP contribution in [-0.4, -0.2) is 16.6 Å². The van der Waals surface area contributed by atoms with Gasteiger partial charge in [-0.15, -0.1) is 10.6 Å². The number of nitrogens with zero attached hydrogens (tertiary/aromatic N) is 3. The van der Waals surface area contributed by atoms with Crippen molar-refractivity contribution in [2.45, 2.75) is 41.5 Å². The lowest BCUT2D eigenvalue weighted by molar-refractivity contribution is 0.101. The number of nitrogens with one attached hydrogen (secondary N) is 2. The van der Waals surface area contributed by atoms with E-state index >= 15 is 0 Å². The lowest BCUT2D eigenvalue weighted by atomic mass is 10.2. The number of carbonyl (C=O) groups excluding carboxylic acids is 1. The zero-order valence-electron chi connectivity index (χ0n) is 12.5. The number of hydrazone groups is 1. The number of hydrogen-bond donors (Lipinski definition) is 2. The van der Waals surface area contributed by atoms with Crippen LogP contribution in [0.3, 0.4) is 0 Å². The van der Waals surface area contributed by atoms with Gasteiger partial charge in [-0.1, -0.05) is 27.7 Å². The quantitative estimate of drug-likeness (QED) is 0.804. The largest absolute Gasteiger partial charge is 0.293 e. The average Bonchev–Trinajstić information content (AvgIpc) is 2.89. The maximum absolute atomic E-state index is 11.4. The molecule has 2 N–H and O–H groups in total. The third-order valence-corrected chi connectivity index (χ3v) is 2.06. The Balaban J connectivity index is 0.000000741. The molecule has 2 rings (SSSR count). The molecule has 1 aliphatic heterocycles. The van der Waals surface area contributed by atoms with Crippen molar-refractivity contribution in [2.24, 2.45) is 5.10 Å². The normalized spacial score (nSPS) is 12.3. The molecule has 0 bridgehead atoms. The first kappa shape index (κ1) is 17.1. The summed E-state index contributed by atoms with van der Waals surface area (Å²) in [7, 11) is 0. The number of Topliss-reactive ketones (excluding diaryl/α,β-unsaturated/α-hetero) is 1. The molecular weight excluding hydrogens is 242 g/mol. The average molecular weight is 265 g/mol. The summed E-state index contributed by atoms with van der Waals surface area (Å²) in [4.78, 5) is 15.4. The Morgan fingerprint density at radius 3 is 2.37 bits per heavy atom. The summed E-state index contributed by atoms with van der Waals surface area (Å²) in [6.07, 6.45) is 1.59. The van der Waals surface area contributed by atoms with Gasteiger partial charge in [0.25, 0.3) is 0 Å². The second-order valence-electron chi connectivity index (χ2n) is 3.15. The first-order valence-corrected chi connectivity index (χ1v) is 6.51. The summed E-state index contributed by atoms with van der Waals surface area (Å²) in [6, 6.07) is 3.58. The Morgan fingerprint density at radius 1 is 1.26 bits per heavy atom. The highest BCUT2D eigenvalue weighted by molar-refractivity contribution is 6.04. The molecule has 1 aromatic rings. The van der Waals surface area contributed by atoms with Crippen molar-refractivity contribution in [3.8, 4) is 0 Å². The van der Waals surface area contributed by atoms with Crippen LogP contribution in [-0.2, 0) is 0 Å². The molecule has 0 amide bonds. The lowest BCUT2D eigenvalue weighted by Gasteiger charge is -2.18. The number of ketones is 1. The van der Waals surface area contributed by atoms with E-state index in [1.807, 2.05) is 40.7 Å². The van der Waals surface area contributed by atoms with Gasteiger partial charge in [0.15, 0.2) is 5.78 Å². The van der Waals surface area contributed by atoms with Crippen molar-refractivity contribution >= 4 is 17.3 Å². The molecule has 1 aromatic heterocycles. The molecule has 0 radical (unpaired) electrons. The van der Waals surface area contributed by atoms with Gasteiger partial charge in [0.2, 0.25) is 0 Å². The number of hydrazine groups is 2. The fourth-order valence-electron chi connectivity index (χ4n) is 1.37. The van der Waals surface area contributed by atoms with Crippen molar-refractivity contribution in [1.82, 2.24) is 16.1 Å². The van der Waals surface area contributed by atoms with Crippen LogP contribution >= 0.6 is 0 Å². The highest BCUT2D eigenvalue weighted by Gasteiger charge is 2.19. The zero-order chi connectivity index (χ0) is 14.8. The van der Waals surface area contributed by atoms with Crippen LogP contribution in [0.15, 0.2) is 23.4 Å². The van der Waals surface area contributed by atoms with E-state index in [-0.39, 0.29) is 5.78 Å². The molecule has 2 heterocycles. The monoisotopic (exact) mass is 265 g/mol. The van der Waals surface area contributed by atoms with Gasteiger partial charge >= 0.3 is 0 Å². The first-order chi connectivity index (χ1) is 9.20. The zero-order valence-corrected chi connectivity index (χ0v) is 12.5. The Labute approximate surface area is 114 Å². The molecule has 0 aliphatic carbocycles. The molecule has 0 spiro atoms. The summed E-state index contributed by atoms with van der Waals surface area (Å²) in [5.74, 6) is 0.651. The second kappa shape index (κ2) is 9.04. The van der Waals surface area contributed by atoms with Crippen molar-refractivity contribution in [3.63, 3.8) is 0 Å². The highest BCUT2D eigenvalue weighted by Crippen LogP contribution is 2.18. The molecule has 0 atom stereocenters. The number of pyridine rings is 1. The van der Waals surface area contributed by atoms with Crippen LogP contribution < -0.4 is 16.1 Å². The fraction of sp³-hybridized carbons (Fsp3) is 0.462. The van der Waals surface area contributed by atoms with Gasteiger partial charge < -0.3 is 0 Å². The molecule has 6 nitrogen and oxygen atoms in total. The van der Waals surface area contributed by atoms with Crippen LogP contribution in [0.25, 0.3) is 0 Å². The lowest BCUT2D eigenvalue weighted by Crippen LogP contribution is -2.41. The maximum Gasteiger partial charge on any atom is 0.180 e. The molecule has 0 unspecified atom stereocenters. The SMILES string of the molecule is CC.CC.CC(=O)c1ncccc1N1NNN=C1C. The molecular formula is C13H23N5O. The Kier molecular flexibility index (Phi) is 8.12. The third kappa shape index (κ3) is 4.33. The Bertz CT molecular complexity index is 431. The minimum atomic E-state index is -0.0768. The van der Waals surface area contributed by atoms with E-state index in [9.17, 15) is 4.79 Å². The molecule has 106 valence electrons. The molecule has 19 heavy (non-hydrogen) atoms. The van der Waals surface area contributed by atoms with Crippen LogP contribution in [0.1, 0.15) is 52.0 Å². The highest BCUT2D eigenvalue weighted by atomic mass is 16.1. The number of rotatable bonds is 2. The molecule has 0 saturated carbocycles. The van der Waals surface area contributed by atoms with E-state index < -0.39 is 0 Å². The van der Waals surface area contributed by atoms with Crippen molar-refractivity contribution in [3.05, 3.63) is 24.0 Å². The summed E-state index contributed by atoms with van der Waals surface area (Å²) in [5.41, 5.74) is 6.53. The van der Waals surface area contributed by atoms with Gasteiger partial charge in [0, 0.05) is 13.1 Å². The minimum Gasteiger partial charge on any atom is -0.293 e. The molecule has 0 saturated heterocycles. The summed E-state index contributed by atoms with van der Waals surface area (Å²) < 4.78 is 0. The van der Waals surface area contributed by atoms with E-state index in [1.54, 1.807) is 17.3 Å². The van der Waals surface area contributed by atoms with Crippen LogP contribution in [0.4, 0.5) is 5.69 Å². The molecule has 0 aromatic carbocycles. The molecule has 6 heteroatoms. The first-order valence-electron chi connectivity index (χ1n) is 6.51. The van der Waals surface area contributed by atoms with Gasteiger partial charge in [-0.3, -0.25) is 9.78 Å². The van der Waals surface area contributed by atoms with Gasteiger partial charge in [-0.25, -0.2) is 10.5 Å². The van der Waals surface area contributed by atoms with E-state index in [1.165, 1.54) is 6.92 Å². The van der Waals surface area contributed by atoms with Gasteiger partial charge in [0.1, 0.15) is 11.5 Å². The van der Waals surface area contributed by atoms with Crippen molar-refractivity contribution in [2.75, 3.05) is 5.01 Å². The smallest absolute Gasteiger partial charge is 0.180 e. The van der Waals surface area contributed by atoms with E-state index in [2.05, 4.69) is 21.2 Å². The third-order valence-electron chi connectivity index (χ3n) is 2.06. The predicted molar refractivity (Wildman–Crippen MR) is 78.8 cm³/mol. The van der Waals surface area contributed by atoms with Crippen molar-refractivity contribution in [1.29, 1.82) is 0 Å². The standard InChI is InChI=1S/C9H11N5O.2C2H6/c1-6(15)9-8(4-3-5-10-9)14-7(2)11-12-13-14;2*1-2/h3-5,12-13H,1-2H3;2*1-2H3. The van der Waals surface area contributed by atoms with Crippen molar-refractivity contribution < 1.29 is 4.79 Å². The second-order valence-corrected chi connectivity index (χ2v) is 3.15. The number of anilines is 1.